The van der Waals surface area contributed by atoms with E-state index in [2.05, 4.69) is 39.1 Å². The van der Waals surface area contributed by atoms with E-state index in [0.717, 1.165) is 30.6 Å². The first-order valence-corrected chi connectivity index (χ1v) is 10.4. The molecule has 0 aliphatic rings. The van der Waals surface area contributed by atoms with Crippen LogP contribution in [0.1, 0.15) is 88.4 Å². The summed E-state index contributed by atoms with van der Waals surface area (Å²) in [6.45, 7) is 12.4. The molecule has 1 N–H and O–H groups in total. The first-order chi connectivity index (χ1) is 12.3. The van der Waals surface area contributed by atoms with Crippen molar-refractivity contribution >= 4 is 28.2 Å². The highest BCUT2D eigenvalue weighted by Crippen LogP contribution is 2.36. The SMILES string of the molecule is CCCC(C)C(=O)Nc1sc([C@@H](C)CCC=C(C)C)cc1C(=O)OCC. The van der Waals surface area contributed by atoms with Crippen molar-refractivity contribution < 1.29 is 14.3 Å². The van der Waals surface area contributed by atoms with E-state index in [4.69, 9.17) is 4.74 Å². The van der Waals surface area contributed by atoms with Gasteiger partial charge in [-0.2, -0.15) is 0 Å². The topological polar surface area (TPSA) is 55.4 Å². The molecule has 1 rings (SSSR count). The van der Waals surface area contributed by atoms with Gasteiger partial charge in [0, 0.05) is 10.8 Å². The minimum Gasteiger partial charge on any atom is -0.462 e. The number of carbonyl (C=O) groups excluding carboxylic acids is 2. The molecule has 0 bridgehead atoms. The van der Waals surface area contributed by atoms with E-state index in [1.165, 1.54) is 16.9 Å². The minimum atomic E-state index is -0.370. The Morgan fingerprint density at radius 2 is 1.92 bits per heavy atom. The van der Waals surface area contributed by atoms with Gasteiger partial charge in [0.05, 0.1) is 12.2 Å². The molecule has 1 heterocycles. The van der Waals surface area contributed by atoms with E-state index in [1.54, 1.807) is 6.92 Å². The molecule has 1 aromatic heterocycles. The van der Waals surface area contributed by atoms with Crippen LogP contribution in [0.15, 0.2) is 17.7 Å². The van der Waals surface area contributed by atoms with Gasteiger partial charge in [-0.1, -0.05) is 38.8 Å². The van der Waals surface area contributed by atoms with Gasteiger partial charge in [-0.3, -0.25) is 4.79 Å². The quantitative estimate of drug-likeness (QED) is 0.392. The summed E-state index contributed by atoms with van der Waals surface area (Å²) in [6, 6.07) is 1.88. The molecule has 1 unspecified atom stereocenters. The maximum atomic E-state index is 12.4. The molecule has 146 valence electrons. The van der Waals surface area contributed by atoms with Crippen LogP contribution in [0.25, 0.3) is 0 Å². The summed E-state index contributed by atoms with van der Waals surface area (Å²) in [5.74, 6) is -0.161. The fourth-order valence-corrected chi connectivity index (χ4v) is 3.81. The molecular formula is C21H33NO3S. The number of esters is 1. The second-order valence-electron chi connectivity index (χ2n) is 7.05. The van der Waals surface area contributed by atoms with Crippen LogP contribution in [0.3, 0.4) is 0 Å². The number of carbonyl (C=O) groups is 2. The van der Waals surface area contributed by atoms with E-state index in [9.17, 15) is 9.59 Å². The lowest BCUT2D eigenvalue weighted by atomic mass is 10.0. The van der Waals surface area contributed by atoms with Gasteiger partial charge in [0.15, 0.2) is 0 Å². The van der Waals surface area contributed by atoms with Crippen molar-refractivity contribution in [2.45, 2.75) is 73.1 Å². The molecule has 0 aliphatic heterocycles. The van der Waals surface area contributed by atoms with Crippen LogP contribution >= 0.6 is 11.3 Å². The van der Waals surface area contributed by atoms with Crippen molar-refractivity contribution in [2.75, 3.05) is 11.9 Å². The zero-order valence-corrected chi connectivity index (χ0v) is 17.8. The first kappa shape index (κ1) is 22.4. The van der Waals surface area contributed by atoms with Gasteiger partial charge in [-0.05, 0) is 52.0 Å². The average Bonchev–Trinajstić information content (AvgIpc) is 2.98. The van der Waals surface area contributed by atoms with Crippen molar-refractivity contribution in [1.82, 2.24) is 0 Å². The van der Waals surface area contributed by atoms with Crippen molar-refractivity contribution in [1.29, 1.82) is 0 Å². The Kier molecular flexibility index (Phi) is 9.63. The Labute approximate surface area is 162 Å². The highest BCUT2D eigenvalue weighted by atomic mass is 32.1. The highest BCUT2D eigenvalue weighted by Gasteiger charge is 2.22. The van der Waals surface area contributed by atoms with Gasteiger partial charge in [-0.25, -0.2) is 4.79 Å². The molecule has 0 radical (unpaired) electrons. The number of amides is 1. The molecular weight excluding hydrogens is 346 g/mol. The summed E-state index contributed by atoms with van der Waals surface area (Å²) in [5.41, 5.74) is 1.78. The van der Waals surface area contributed by atoms with Gasteiger partial charge < -0.3 is 10.1 Å². The predicted octanol–water partition coefficient (Wildman–Crippen LogP) is 6.15. The molecule has 0 fully saturated rings. The normalized spacial score (nSPS) is 13.0. The van der Waals surface area contributed by atoms with E-state index in [1.807, 2.05) is 13.0 Å². The number of thiophene rings is 1. The fourth-order valence-electron chi connectivity index (χ4n) is 2.67. The number of nitrogens with one attached hydrogen (secondary N) is 1. The van der Waals surface area contributed by atoms with E-state index in [-0.39, 0.29) is 17.8 Å². The molecule has 1 aromatic rings. The Balaban J connectivity index is 2.99. The zero-order valence-electron chi connectivity index (χ0n) is 17.0. The van der Waals surface area contributed by atoms with Crippen LogP contribution in [0.5, 0.6) is 0 Å². The largest absolute Gasteiger partial charge is 0.462 e. The highest BCUT2D eigenvalue weighted by molar-refractivity contribution is 7.16. The fraction of sp³-hybridized carbons (Fsp3) is 0.619. The van der Waals surface area contributed by atoms with Gasteiger partial charge in [0.25, 0.3) is 0 Å². The van der Waals surface area contributed by atoms with Crippen LogP contribution in [0, 0.1) is 5.92 Å². The molecule has 0 aromatic carbocycles. The third-order valence-electron chi connectivity index (χ3n) is 4.29. The summed E-state index contributed by atoms with van der Waals surface area (Å²) in [4.78, 5) is 25.8. The maximum absolute atomic E-state index is 12.4. The maximum Gasteiger partial charge on any atom is 0.341 e. The Morgan fingerprint density at radius 1 is 1.23 bits per heavy atom. The molecule has 4 nitrogen and oxygen atoms in total. The summed E-state index contributed by atoms with van der Waals surface area (Å²) in [7, 11) is 0. The lowest BCUT2D eigenvalue weighted by Gasteiger charge is -2.11. The van der Waals surface area contributed by atoms with Crippen molar-refractivity contribution in [3.63, 3.8) is 0 Å². The van der Waals surface area contributed by atoms with Crippen LogP contribution in [0.4, 0.5) is 5.00 Å². The van der Waals surface area contributed by atoms with Crippen LogP contribution in [-0.2, 0) is 9.53 Å². The van der Waals surface area contributed by atoms with E-state index < -0.39 is 0 Å². The monoisotopic (exact) mass is 379 g/mol. The molecule has 0 saturated carbocycles. The average molecular weight is 380 g/mol. The zero-order chi connectivity index (χ0) is 19.7. The van der Waals surface area contributed by atoms with Crippen molar-refractivity contribution in [2.24, 2.45) is 5.92 Å². The second-order valence-corrected chi connectivity index (χ2v) is 8.13. The number of allylic oxidation sites excluding steroid dienone is 2. The molecule has 26 heavy (non-hydrogen) atoms. The molecule has 0 saturated heterocycles. The third-order valence-corrected chi connectivity index (χ3v) is 5.57. The third kappa shape index (κ3) is 6.94. The van der Waals surface area contributed by atoms with Crippen molar-refractivity contribution in [3.8, 4) is 0 Å². The molecule has 0 spiro atoms. The number of hydrogen-bond acceptors (Lipinski definition) is 4. The molecule has 5 heteroatoms. The van der Waals surface area contributed by atoms with Gasteiger partial charge >= 0.3 is 5.97 Å². The standard InChI is InChI=1S/C21H33NO3S/c1-7-10-16(6)19(23)22-20-17(21(24)25-8-2)13-18(26-20)15(5)12-9-11-14(3)4/h11,13,15-16H,7-10,12H2,1-6H3,(H,22,23)/t15-,16?/m0/s1. The van der Waals surface area contributed by atoms with Crippen LogP contribution in [0.2, 0.25) is 0 Å². The van der Waals surface area contributed by atoms with Gasteiger partial charge in [0.1, 0.15) is 5.00 Å². The summed E-state index contributed by atoms with van der Waals surface area (Å²) < 4.78 is 5.17. The van der Waals surface area contributed by atoms with E-state index >= 15 is 0 Å². The lowest BCUT2D eigenvalue weighted by Crippen LogP contribution is -2.21. The number of anilines is 1. The van der Waals surface area contributed by atoms with E-state index in [0.29, 0.717) is 23.1 Å². The second kappa shape index (κ2) is 11.2. The Hall–Kier alpha value is -1.62. The molecule has 1 amide bonds. The smallest absolute Gasteiger partial charge is 0.341 e. The Morgan fingerprint density at radius 3 is 2.50 bits per heavy atom. The van der Waals surface area contributed by atoms with Gasteiger partial charge in [0.2, 0.25) is 5.91 Å². The summed E-state index contributed by atoms with van der Waals surface area (Å²) >= 11 is 1.49. The molecule has 0 aliphatic carbocycles. The first-order valence-electron chi connectivity index (χ1n) is 9.55. The number of ether oxygens (including phenoxy) is 1. The summed E-state index contributed by atoms with van der Waals surface area (Å²) in [5, 5.41) is 3.56. The summed E-state index contributed by atoms with van der Waals surface area (Å²) in [6.07, 6.45) is 6.03. The lowest BCUT2D eigenvalue weighted by molar-refractivity contribution is -0.119. The molecule has 2 atom stereocenters. The minimum absolute atomic E-state index is 0.0389. The number of rotatable bonds is 10. The van der Waals surface area contributed by atoms with Crippen LogP contribution < -0.4 is 5.32 Å². The van der Waals surface area contributed by atoms with Crippen molar-refractivity contribution in [3.05, 3.63) is 28.2 Å². The van der Waals surface area contributed by atoms with Gasteiger partial charge in [-0.15, -0.1) is 11.3 Å². The number of hydrogen-bond donors (Lipinski definition) is 1. The predicted molar refractivity (Wildman–Crippen MR) is 110 cm³/mol. The Bertz CT molecular complexity index is 629. The van der Waals surface area contributed by atoms with Crippen LogP contribution in [-0.4, -0.2) is 18.5 Å².